The molecule has 3 heterocycles. The molecule has 0 fully saturated rings. The van der Waals surface area contributed by atoms with Crippen molar-refractivity contribution in [3.05, 3.63) is 74.6 Å². The second kappa shape index (κ2) is 7.33. The zero-order chi connectivity index (χ0) is 19.7. The van der Waals surface area contributed by atoms with Crippen molar-refractivity contribution in [1.29, 1.82) is 0 Å². The normalized spacial score (nSPS) is 10.8. The number of amides is 1. The van der Waals surface area contributed by atoms with Crippen LogP contribution in [-0.2, 0) is 0 Å². The Bertz CT molecular complexity index is 1150. The van der Waals surface area contributed by atoms with Gasteiger partial charge in [-0.3, -0.25) is 14.9 Å². The quantitative estimate of drug-likeness (QED) is 0.384. The van der Waals surface area contributed by atoms with E-state index >= 15 is 0 Å². The summed E-state index contributed by atoms with van der Waals surface area (Å²) in [7, 11) is 0. The van der Waals surface area contributed by atoms with Crippen molar-refractivity contribution in [2.75, 3.05) is 5.32 Å². The summed E-state index contributed by atoms with van der Waals surface area (Å²) in [6.07, 6.45) is 0. The minimum absolute atomic E-state index is 0.0682. The molecule has 28 heavy (non-hydrogen) atoms. The SMILES string of the molecule is Cc1cc(NC(=O)c2ccc([N+](=O)[O-])cc2)n(-c2nc(-c3cccs3)cs2)n1. The molecule has 8 nitrogen and oxygen atoms in total. The zero-order valence-corrected chi connectivity index (χ0v) is 16.2. The number of anilines is 1. The minimum atomic E-state index is -0.506. The van der Waals surface area contributed by atoms with Crippen LogP contribution < -0.4 is 5.32 Å². The number of non-ortho nitro benzene ring substituents is 1. The fraction of sp³-hybridized carbons (Fsp3) is 0.0556. The number of hydrogen-bond acceptors (Lipinski definition) is 7. The van der Waals surface area contributed by atoms with Gasteiger partial charge in [-0.2, -0.15) is 9.78 Å². The number of carbonyl (C=O) groups is 1. The number of aryl methyl sites for hydroxylation is 1. The number of nitro benzene ring substituents is 1. The van der Waals surface area contributed by atoms with Crippen molar-refractivity contribution >= 4 is 40.1 Å². The number of nitrogens with one attached hydrogen (secondary N) is 1. The predicted octanol–water partition coefficient (Wildman–Crippen LogP) is 4.53. The molecule has 0 saturated carbocycles. The maximum absolute atomic E-state index is 12.5. The number of rotatable bonds is 5. The summed E-state index contributed by atoms with van der Waals surface area (Å²) in [5.41, 5.74) is 1.83. The average Bonchev–Trinajstić information content (AvgIpc) is 3.42. The van der Waals surface area contributed by atoms with Crippen LogP contribution in [0.15, 0.2) is 53.2 Å². The van der Waals surface area contributed by atoms with Gasteiger partial charge in [0.25, 0.3) is 11.6 Å². The highest BCUT2D eigenvalue weighted by Gasteiger charge is 2.16. The van der Waals surface area contributed by atoms with Crippen molar-refractivity contribution in [1.82, 2.24) is 14.8 Å². The fourth-order valence-corrected chi connectivity index (χ4v) is 4.10. The van der Waals surface area contributed by atoms with Gasteiger partial charge in [0.1, 0.15) is 5.82 Å². The molecule has 0 radical (unpaired) electrons. The molecule has 3 aromatic heterocycles. The second-order valence-electron chi connectivity index (χ2n) is 5.83. The van der Waals surface area contributed by atoms with Crippen LogP contribution in [0.2, 0.25) is 0 Å². The number of aromatic nitrogens is 3. The fourth-order valence-electron chi connectivity index (χ4n) is 2.56. The van der Waals surface area contributed by atoms with E-state index in [4.69, 9.17) is 0 Å². The van der Waals surface area contributed by atoms with Gasteiger partial charge >= 0.3 is 0 Å². The van der Waals surface area contributed by atoms with Crippen LogP contribution in [0, 0.1) is 17.0 Å². The van der Waals surface area contributed by atoms with E-state index in [1.165, 1.54) is 35.6 Å². The first-order valence-electron chi connectivity index (χ1n) is 8.13. The molecule has 140 valence electrons. The summed E-state index contributed by atoms with van der Waals surface area (Å²) >= 11 is 3.03. The molecule has 1 N–H and O–H groups in total. The highest BCUT2D eigenvalue weighted by Crippen LogP contribution is 2.29. The molecule has 0 bridgehead atoms. The zero-order valence-electron chi connectivity index (χ0n) is 14.5. The molecule has 0 atom stereocenters. The van der Waals surface area contributed by atoms with Crippen LogP contribution in [-0.4, -0.2) is 25.6 Å². The lowest BCUT2D eigenvalue weighted by Crippen LogP contribution is -2.15. The molecule has 1 aromatic carbocycles. The largest absolute Gasteiger partial charge is 0.306 e. The lowest BCUT2D eigenvalue weighted by molar-refractivity contribution is -0.384. The van der Waals surface area contributed by atoms with Gasteiger partial charge < -0.3 is 5.32 Å². The molecular formula is C18H13N5O3S2. The van der Waals surface area contributed by atoms with Gasteiger partial charge in [-0.05, 0) is 30.5 Å². The highest BCUT2D eigenvalue weighted by molar-refractivity contribution is 7.15. The molecule has 4 rings (SSSR count). The molecule has 10 heteroatoms. The number of nitrogens with zero attached hydrogens (tertiary/aromatic N) is 4. The van der Waals surface area contributed by atoms with Crippen LogP contribution >= 0.6 is 22.7 Å². The van der Waals surface area contributed by atoms with E-state index in [0.717, 1.165) is 16.3 Å². The van der Waals surface area contributed by atoms with Crippen LogP contribution in [0.25, 0.3) is 15.7 Å². The molecule has 4 aromatic rings. The molecular weight excluding hydrogens is 398 g/mol. The maximum atomic E-state index is 12.5. The van der Waals surface area contributed by atoms with Crippen molar-refractivity contribution in [2.45, 2.75) is 6.92 Å². The number of benzene rings is 1. The third-order valence-electron chi connectivity index (χ3n) is 3.86. The first kappa shape index (κ1) is 18.0. The first-order chi connectivity index (χ1) is 13.5. The highest BCUT2D eigenvalue weighted by atomic mass is 32.1. The topological polar surface area (TPSA) is 103 Å². The van der Waals surface area contributed by atoms with E-state index in [9.17, 15) is 14.9 Å². The molecule has 0 aliphatic rings. The number of thiazole rings is 1. The van der Waals surface area contributed by atoms with Crippen molar-refractivity contribution in [2.24, 2.45) is 0 Å². The Kier molecular flexibility index (Phi) is 4.72. The van der Waals surface area contributed by atoms with Crippen LogP contribution in [0.4, 0.5) is 11.5 Å². The van der Waals surface area contributed by atoms with Gasteiger partial charge in [0.15, 0.2) is 0 Å². The Morgan fingerprint density at radius 1 is 1.21 bits per heavy atom. The maximum Gasteiger partial charge on any atom is 0.269 e. The van der Waals surface area contributed by atoms with Crippen LogP contribution in [0.1, 0.15) is 16.1 Å². The Balaban J connectivity index is 1.59. The van der Waals surface area contributed by atoms with E-state index in [0.29, 0.717) is 16.5 Å². The summed E-state index contributed by atoms with van der Waals surface area (Å²) < 4.78 is 1.58. The number of hydrogen-bond donors (Lipinski definition) is 1. The van der Waals surface area contributed by atoms with Gasteiger partial charge in [-0.25, -0.2) is 4.98 Å². The predicted molar refractivity (Wildman–Crippen MR) is 108 cm³/mol. The van der Waals surface area contributed by atoms with E-state index in [1.54, 1.807) is 22.1 Å². The molecule has 0 spiro atoms. The number of nitro groups is 1. The van der Waals surface area contributed by atoms with E-state index in [2.05, 4.69) is 15.4 Å². The third-order valence-corrected chi connectivity index (χ3v) is 5.57. The number of thiophene rings is 1. The smallest absolute Gasteiger partial charge is 0.269 e. The Labute approximate surface area is 167 Å². The summed E-state index contributed by atoms with van der Waals surface area (Å²) in [5, 5.41) is 22.5. The average molecular weight is 411 g/mol. The van der Waals surface area contributed by atoms with Crippen LogP contribution in [0.3, 0.4) is 0 Å². The van der Waals surface area contributed by atoms with E-state index < -0.39 is 4.92 Å². The van der Waals surface area contributed by atoms with Crippen molar-refractivity contribution < 1.29 is 9.72 Å². The Hall–Kier alpha value is -3.37. The lowest BCUT2D eigenvalue weighted by Gasteiger charge is -2.06. The van der Waals surface area contributed by atoms with Gasteiger partial charge in [-0.1, -0.05) is 6.07 Å². The summed E-state index contributed by atoms with van der Waals surface area (Å²) in [6.45, 7) is 1.83. The molecule has 0 unspecified atom stereocenters. The molecule has 0 saturated heterocycles. The number of carbonyl (C=O) groups excluding carboxylic acids is 1. The van der Waals surface area contributed by atoms with Gasteiger partial charge in [0.05, 0.1) is 21.2 Å². The first-order valence-corrected chi connectivity index (χ1v) is 9.89. The van der Waals surface area contributed by atoms with Gasteiger partial charge in [-0.15, -0.1) is 22.7 Å². The van der Waals surface area contributed by atoms with Crippen molar-refractivity contribution in [3.63, 3.8) is 0 Å². The Morgan fingerprint density at radius 2 is 2.00 bits per heavy atom. The minimum Gasteiger partial charge on any atom is -0.306 e. The summed E-state index contributed by atoms with van der Waals surface area (Å²) in [5.74, 6) is 0.0963. The molecule has 1 amide bonds. The standard InChI is InChI=1S/C18H13N5O3S2/c1-11-9-16(20-17(24)12-4-6-13(7-5-12)23(25)26)22(21-11)18-19-14(10-28-18)15-3-2-8-27-15/h2-10H,1H3,(H,20,24). The van der Waals surface area contributed by atoms with E-state index in [1.807, 2.05) is 29.8 Å². The van der Waals surface area contributed by atoms with Gasteiger partial charge in [0, 0.05) is 29.1 Å². The van der Waals surface area contributed by atoms with E-state index in [-0.39, 0.29) is 11.6 Å². The lowest BCUT2D eigenvalue weighted by atomic mass is 10.2. The summed E-state index contributed by atoms with van der Waals surface area (Å²) in [4.78, 5) is 28.5. The second-order valence-corrected chi connectivity index (χ2v) is 7.62. The molecule has 0 aliphatic carbocycles. The van der Waals surface area contributed by atoms with Gasteiger partial charge in [0.2, 0.25) is 5.13 Å². The van der Waals surface area contributed by atoms with Crippen LogP contribution in [0.5, 0.6) is 0 Å². The van der Waals surface area contributed by atoms with Crippen molar-refractivity contribution in [3.8, 4) is 15.7 Å². The summed E-state index contributed by atoms with van der Waals surface area (Å²) in [6, 6.07) is 11.1. The molecule has 0 aliphatic heterocycles. The monoisotopic (exact) mass is 411 g/mol. The third kappa shape index (κ3) is 3.55. The Morgan fingerprint density at radius 3 is 2.68 bits per heavy atom.